The molecule has 2 atom stereocenters. The summed E-state index contributed by atoms with van der Waals surface area (Å²) in [5.41, 5.74) is -0.355. The van der Waals surface area contributed by atoms with Crippen LogP contribution in [-0.2, 0) is 23.8 Å². The van der Waals surface area contributed by atoms with Crippen molar-refractivity contribution in [1.82, 2.24) is 10.2 Å². The molecule has 1 aromatic rings. The first-order valence-electron chi connectivity index (χ1n) is 14.9. The molecule has 234 valence electrons. The Morgan fingerprint density at radius 3 is 2.36 bits per heavy atom. The van der Waals surface area contributed by atoms with Gasteiger partial charge in [0.15, 0.2) is 0 Å². The third-order valence-corrected chi connectivity index (χ3v) is 7.89. The summed E-state index contributed by atoms with van der Waals surface area (Å²) in [4.78, 5) is 43.8. The summed E-state index contributed by atoms with van der Waals surface area (Å²) in [6.45, 7) is 8.63. The molecule has 10 nitrogen and oxygen atoms in total. The van der Waals surface area contributed by atoms with Gasteiger partial charge in [-0.2, -0.15) is 0 Å². The van der Waals surface area contributed by atoms with Gasteiger partial charge in [-0.1, -0.05) is 0 Å². The molecule has 4 rings (SSSR count). The highest BCUT2D eigenvalue weighted by Crippen LogP contribution is 2.40. The summed E-state index contributed by atoms with van der Waals surface area (Å²) in [6, 6.07) is 2.82. The number of hydrogen-bond acceptors (Lipinski definition) is 7. The topological polar surface area (TPSA) is 107 Å². The van der Waals surface area contributed by atoms with E-state index in [4.69, 9.17) is 18.9 Å². The van der Waals surface area contributed by atoms with Crippen LogP contribution in [0.1, 0.15) is 64.9 Å². The van der Waals surface area contributed by atoms with E-state index in [1.165, 1.54) is 15.9 Å². The fraction of sp³-hybridized carbons (Fsp3) is 0.710. The van der Waals surface area contributed by atoms with Gasteiger partial charge in [0.25, 0.3) is 0 Å². The normalized spacial score (nSPS) is 21.5. The van der Waals surface area contributed by atoms with E-state index in [0.717, 1.165) is 25.7 Å². The van der Waals surface area contributed by atoms with Crippen LogP contribution in [0.4, 0.5) is 14.9 Å². The third kappa shape index (κ3) is 8.12. The number of aryl methyl sites for hydroxylation is 1. The summed E-state index contributed by atoms with van der Waals surface area (Å²) in [5, 5.41) is 3.10. The predicted octanol–water partition coefficient (Wildman–Crippen LogP) is 4.21. The highest BCUT2D eigenvalue weighted by Gasteiger charge is 2.48. The van der Waals surface area contributed by atoms with E-state index >= 15 is 4.39 Å². The van der Waals surface area contributed by atoms with Gasteiger partial charge in [-0.25, -0.2) is 9.18 Å². The summed E-state index contributed by atoms with van der Waals surface area (Å²) in [5.74, 6) is -1.88. The monoisotopic (exact) mass is 591 g/mol. The molecule has 3 fully saturated rings. The van der Waals surface area contributed by atoms with Crippen molar-refractivity contribution in [3.63, 3.8) is 0 Å². The summed E-state index contributed by atoms with van der Waals surface area (Å²) in [6.07, 6.45) is 3.45. The van der Waals surface area contributed by atoms with Gasteiger partial charge in [-0.3, -0.25) is 9.59 Å². The molecule has 11 heteroatoms. The number of likely N-dealkylation sites (tertiary alicyclic amines) is 1. The Kier molecular flexibility index (Phi) is 10.0. The molecular weight excluding hydrogens is 545 g/mol. The summed E-state index contributed by atoms with van der Waals surface area (Å²) >= 11 is 0. The lowest BCUT2D eigenvalue weighted by Gasteiger charge is -2.39. The predicted molar refractivity (Wildman–Crippen MR) is 155 cm³/mol. The van der Waals surface area contributed by atoms with Gasteiger partial charge in [0, 0.05) is 52.4 Å². The Bertz CT molecular complexity index is 1150. The molecule has 0 radical (unpaired) electrons. The maximum absolute atomic E-state index is 15.5. The van der Waals surface area contributed by atoms with Crippen molar-refractivity contribution in [3.8, 4) is 5.75 Å². The molecule has 0 bridgehead atoms. The SMILES string of the molecule is COCCCOc1cc(N(C(=O)[C@@H]2C[C@H](C(=O)NC3(COC)CC3)CN(C(=O)OC(C)(C)C)C2)C2CC2)c(F)cc1C. The minimum atomic E-state index is -0.743. The van der Waals surface area contributed by atoms with Gasteiger partial charge in [0.1, 0.15) is 17.2 Å². The van der Waals surface area contributed by atoms with Crippen molar-refractivity contribution in [2.45, 2.75) is 83.4 Å². The number of nitrogens with zero attached hydrogens (tertiary/aromatic N) is 2. The largest absolute Gasteiger partial charge is 0.493 e. The van der Waals surface area contributed by atoms with Crippen LogP contribution >= 0.6 is 0 Å². The van der Waals surface area contributed by atoms with Crippen molar-refractivity contribution in [1.29, 1.82) is 0 Å². The maximum Gasteiger partial charge on any atom is 0.410 e. The number of methoxy groups -OCH3 is 2. The Morgan fingerprint density at radius 2 is 1.76 bits per heavy atom. The van der Waals surface area contributed by atoms with Gasteiger partial charge >= 0.3 is 6.09 Å². The molecule has 2 aliphatic carbocycles. The van der Waals surface area contributed by atoms with E-state index < -0.39 is 34.9 Å². The van der Waals surface area contributed by atoms with Crippen LogP contribution < -0.4 is 15.0 Å². The molecule has 1 heterocycles. The Labute approximate surface area is 248 Å². The van der Waals surface area contributed by atoms with E-state index in [1.54, 1.807) is 48.0 Å². The number of piperidine rings is 1. The first-order valence-corrected chi connectivity index (χ1v) is 14.9. The van der Waals surface area contributed by atoms with Gasteiger partial charge in [-0.05, 0) is 71.4 Å². The first-order chi connectivity index (χ1) is 19.9. The average Bonchev–Trinajstić information content (AvgIpc) is 3.86. The van der Waals surface area contributed by atoms with Crippen LogP contribution in [0, 0.1) is 24.6 Å². The molecule has 1 aliphatic heterocycles. The average molecular weight is 592 g/mol. The minimum absolute atomic E-state index is 0.0812. The molecule has 42 heavy (non-hydrogen) atoms. The number of anilines is 1. The highest BCUT2D eigenvalue weighted by atomic mass is 19.1. The fourth-order valence-electron chi connectivity index (χ4n) is 5.43. The molecule has 0 unspecified atom stereocenters. The number of amides is 3. The van der Waals surface area contributed by atoms with E-state index in [1.807, 2.05) is 0 Å². The zero-order valence-corrected chi connectivity index (χ0v) is 25.8. The second kappa shape index (κ2) is 13.2. The zero-order valence-electron chi connectivity index (χ0n) is 25.8. The molecule has 1 aromatic carbocycles. The minimum Gasteiger partial charge on any atom is -0.493 e. The number of ether oxygens (including phenoxy) is 4. The summed E-state index contributed by atoms with van der Waals surface area (Å²) in [7, 11) is 3.21. The standard InChI is InChI=1S/C31H46FN3O7/c1-20-14-24(32)25(16-26(20)41-13-7-12-39-5)35(23-8-9-23)28(37)22-15-21(27(36)33-31(10-11-31)19-40-6)17-34(18-22)29(38)42-30(2,3)4/h14,16,21-23H,7-13,15,17-19H2,1-6H3,(H,33,36)/t21-,22+/m0/s1. The lowest BCUT2D eigenvalue weighted by Crippen LogP contribution is -2.55. The van der Waals surface area contributed by atoms with Crippen LogP contribution in [0.2, 0.25) is 0 Å². The molecule has 3 aliphatic rings. The second-order valence-electron chi connectivity index (χ2n) is 12.9. The smallest absolute Gasteiger partial charge is 0.410 e. The van der Waals surface area contributed by atoms with E-state index in [9.17, 15) is 14.4 Å². The lowest BCUT2D eigenvalue weighted by molar-refractivity contribution is -0.131. The highest BCUT2D eigenvalue weighted by molar-refractivity contribution is 5.97. The van der Waals surface area contributed by atoms with Crippen LogP contribution in [0.25, 0.3) is 0 Å². The Morgan fingerprint density at radius 1 is 1.07 bits per heavy atom. The van der Waals surface area contributed by atoms with Gasteiger partial charge in [0.05, 0.1) is 36.3 Å². The number of nitrogens with one attached hydrogen (secondary N) is 1. The molecule has 2 saturated carbocycles. The second-order valence-corrected chi connectivity index (χ2v) is 12.9. The maximum atomic E-state index is 15.5. The van der Waals surface area contributed by atoms with E-state index in [2.05, 4.69) is 5.32 Å². The molecule has 1 saturated heterocycles. The number of carbonyl (C=O) groups excluding carboxylic acids is 3. The third-order valence-electron chi connectivity index (χ3n) is 7.89. The number of benzene rings is 1. The van der Waals surface area contributed by atoms with Crippen LogP contribution in [0.5, 0.6) is 5.75 Å². The fourth-order valence-corrected chi connectivity index (χ4v) is 5.43. The number of carbonyl (C=O) groups is 3. The molecule has 0 aromatic heterocycles. The number of halogens is 1. The Hall–Kier alpha value is -2.92. The van der Waals surface area contributed by atoms with Gasteiger partial charge in [0.2, 0.25) is 11.8 Å². The lowest BCUT2D eigenvalue weighted by atomic mass is 9.87. The van der Waals surface area contributed by atoms with Crippen LogP contribution in [0.15, 0.2) is 12.1 Å². The van der Waals surface area contributed by atoms with Crippen molar-refractivity contribution < 1.29 is 37.7 Å². The molecule has 3 amide bonds. The van der Waals surface area contributed by atoms with Crippen molar-refractivity contribution >= 4 is 23.6 Å². The van der Waals surface area contributed by atoms with Gasteiger partial charge in [-0.15, -0.1) is 0 Å². The van der Waals surface area contributed by atoms with E-state index in [-0.39, 0.29) is 43.1 Å². The van der Waals surface area contributed by atoms with E-state index in [0.29, 0.717) is 37.6 Å². The van der Waals surface area contributed by atoms with Crippen molar-refractivity contribution in [2.75, 3.05) is 52.0 Å². The van der Waals surface area contributed by atoms with Crippen molar-refractivity contribution in [2.24, 2.45) is 11.8 Å². The Balaban J connectivity index is 1.58. The number of hydrogen-bond donors (Lipinski definition) is 1. The first kappa shape index (κ1) is 32.0. The zero-order chi connectivity index (χ0) is 30.7. The quantitative estimate of drug-likeness (QED) is 0.363. The van der Waals surface area contributed by atoms with Crippen molar-refractivity contribution in [3.05, 3.63) is 23.5 Å². The van der Waals surface area contributed by atoms with Crippen LogP contribution in [0.3, 0.4) is 0 Å². The number of rotatable bonds is 12. The summed E-state index contributed by atoms with van der Waals surface area (Å²) < 4.78 is 37.4. The molecule has 1 N–H and O–H groups in total. The molecular formula is C31H46FN3O7. The van der Waals surface area contributed by atoms with Crippen LogP contribution in [-0.4, -0.2) is 87.1 Å². The van der Waals surface area contributed by atoms with Gasteiger partial charge < -0.3 is 34.1 Å². The molecule has 0 spiro atoms.